The van der Waals surface area contributed by atoms with Gasteiger partial charge in [0.1, 0.15) is 12.1 Å². The number of rotatable bonds is 8. The van der Waals surface area contributed by atoms with Crippen molar-refractivity contribution >= 4 is 17.8 Å². The van der Waals surface area contributed by atoms with Crippen LogP contribution in [0.25, 0.3) is 0 Å². The first-order valence-corrected chi connectivity index (χ1v) is 10.6. The molecule has 0 atom stereocenters. The zero-order valence-electron chi connectivity index (χ0n) is 14.6. The van der Waals surface area contributed by atoms with Gasteiger partial charge in [-0.1, -0.05) is 78.9 Å². The van der Waals surface area contributed by atoms with E-state index in [-0.39, 0.29) is 13.0 Å². The monoisotopic (exact) mass is 366 g/mol. The maximum Gasteiger partial charge on any atom is 0.178 e. The van der Waals surface area contributed by atoms with Gasteiger partial charge in [-0.05, 0) is 24.5 Å². The number of para-hydroxylation sites is 1. The minimum atomic E-state index is -2.91. The van der Waals surface area contributed by atoms with Crippen molar-refractivity contribution in [2.75, 3.05) is 13.0 Å². The van der Waals surface area contributed by atoms with Crippen molar-refractivity contribution < 1.29 is 14.4 Å². The van der Waals surface area contributed by atoms with Crippen LogP contribution in [-0.4, -0.2) is 18.1 Å². The smallest absolute Gasteiger partial charge is 0.178 e. The molecule has 0 aliphatic heterocycles. The standard InChI is InChI=1S/C22H23O3P/c23-17-9-11-19-10-7-8-16-22(19)25-18-26(24,20-12-3-1-4-13-20)21-14-5-2-6-15-21/h1-8,10,12-16,23H,9,11,17-18H2. The zero-order chi connectivity index (χ0) is 18.2. The van der Waals surface area contributed by atoms with Crippen LogP contribution in [0.1, 0.15) is 12.0 Å². The Labute approximate surface area is 154 Å². The fourth-order valence-corrected chi connectivity index (χ4v) is 5.14. The molecule has 0 heterocycles. The summed E-state index contributed by atoms with van der Waals surface area (Å²) in [5.41, 5.74) is 1.02. The first-order chi connectivity index (χ1) is 12.7. The van der Waals surface area contributed by atoms with Crippen molar-refractivity contribution in [1.82, 2.24) is 0 Å². The van der Waals surface area contributed by atoms with Gasteiger partial charge in [-0.2, -0.15) is 0 Å². The number of aliphatic hydroxyl groups excluding tert-OH is 1. The van der Waals surface area contributed by atoms with Crippen molar-refractivity contribution in [1.29, 1.82) is 0 Å². The molecule has 3 rings (SSSR count). The summed E-state index contributed by atoms with van der Waals surface area (Å²) in [6.07, 6.45) is 1.51. The largest absolute Gasteiger partial charge is 0.485 e. The molecule has 0 aliphatic rings. The van der Waals surface area contributed by atoms with Gasteiger partial charge >= 0.3 is 0 Å². The van der Waals surface area contributed by atoms with Gasteiger partial charge in [0.2, 0.25) is 0 Å². The summed E-state index contributed by atoms with van der Waals surface area (Å²) in [6.45, 7) is 0.140. The number of hydrogen-bond donors (Lipinski definition) is 1. The van der Waals surface area contributed by atoms with Crippen LogP contribution in [0.2, 0.25) is 0 Å². The number of aliphatic hydroxyl groups is 1. The minimum Gasteiger partial charge on any atom is -0.485 e. The summed E-state index contributed by atoms with van der Waals surface area (Å²) in [7, 11) is -2.91. The summed E-state index contributed by atoms with van der Waals surface area (Å²) in [6, 6.07) is 26.8. The average molecular weight is 366 g/mol. The van der Waals surface area contributed by atoms with Gasteiger partial charge in [0, 0.05) is 17.2 Å². The van der Waals surface area contributed by atoms with Crippen LogP contribution in [0.4, 0.5) is 0 Å². The van der Waals surface area contributed by atoms with Crippen molar-refractivity contribution in [2.45, 2.75) is 12.8 Å². The van der Waals surface area contributed by atoms with E-state index in [0.29, 0.717) is 6.42 Å². The Kier molecular flexibility index (Phi) is 6.27. The van der Waals surface area contributed by atoms with E-state index < -0.39 is 7.14 Å². The third-order valence-corrected chi connectivity index (χ3v) is 7.08. The summed E-state index contributed by atoms with van der Waals surface area (Å²) < 4.78 is 20.0. The van der Waals surface area contributed by atoms with E-state index in [0.717, 1.165) is 28.3 Å². The van der Waals surface area contributed by atoms with Crippen LogP contribution < -0.4 is 15.3 Å². The van der Waals surface area contributed by atoms with Crippen molar-refractivity contribution in [3.63, 3.8) is 0 Å². The van der Waals surface area contributed by atoms with E-state index >= 15 is 0 Å². The van der Waals surface area contributed by atoms with E-state index in [1.54, 1.807) is 0 Å². The topological polar surface area (TPSA) is 46.5 Å². The Bertz CT molecular complexity index is 819. The highest BCUT2D eigenvalue weighted by atomic mass is 31.2. The lowest BCUT2D eigenvalue weighted by Gasteiger charge is -2.21. The maximum absolute atomic E-state index is 14.0. The highest BCUT2D eigenvalue weighted by molar-refractivity contribution is 7.78. The predicted octanol–water partition coefficient (Wildman–Crippen LogP) is 3.96. The Balaban J connectivity index is 1.90. The first kappa shape index (κ1) is 18.4. The first-order valence-electron chi connectivity index (χ1n) is 8.76. The fourth-order valence-electron chi connectivity index (χ4n) is 2.92. The molecule has 0 saturated heterocycles. The molecule has 3 aromatic carbocycles. The highest BCUT2D eigenvalue weighted by Gasteiger charge is 2.28. The molecule has 0 bridgehead atoms. The summed E-state index contributed by atoms with van der Waals surface area (Å²) in [5.74, 6) is 0.730. The van der Waals surface area contributed by atoms with Crippen LogP contribution in [0, 0.1) is 0 Å². The quantitative estimate of drug-likeness (QED) is 0.614. The molecule has 0 fully saturated rings. The van der Waals surface area contributed by atoms with Gasteiger partial charge in [-0.3, -0.25) is 0 Å². The zero-order valence-corrected chi connectivity index (χ0v) is 15.5. The molecule has 1 N–H and O–H groups in total. The molecule has 0 amide bonds. The summed E-state index contributed by atoms with van der Waals surface area (Å²) in [4.78, 5) is 0. The predicted molar refractivity (Wildman–Crippen MR) is 107 cm³/mol. The van der Waals surface area contributed by atoms with E-state index in [1.165, 1.54) is 0 Å². The Hall–Kier alpha value is -2.35. The lowest BCUT2D eigenvalue weighted by Crippen LogP contribution is -2.21. The summed E-state index contributed by atoms with van der Waals surface area (Å²) >= 11 is 0. The Morgan fingerprint density at radius 2 is 1.31 bits per heavy atom. The second-order valence-electron chi connectivity index (χ2n) is 6.12. The molecule has 0 radical (unpaired) electrons. The second kappa shape index (κ2) is 8.84. The molecular formula is C22H23O3P. The van der Waals surface area contributed by atoms with Gasteiger partial charge in [-0.15, -0.1) is 0 Å². The van der Waals surface area contributed by atoms with E-state index in [4.69, 9.17) is 9.84 Å². The minimum absolute atomic E-state index is 0.108. The van der Waals surface area contributed by atoms with Crippen LogP contribution in [0.3, 0.4) is 0 Å². The molecule has 0 spiro atoms. The van der Waals surface area contributed by atoms with Gasteiger partial charge in [0.05, 0.1) is 0 Å². The third-order valence-electron chi connectivity index (χ3n) is 4.33. The van der Waals surface area contributed by atoms with Crippen molar-refractivity contribution in [3.8, 4) is 5.75 Å². The van der Waals surface area contributed by atoms with E-state index in [9.17, 15) is 4.57 Å². The number of ether oxygens (including phenoxy) is 1. The van der Waals surface area contributed by atoms with Crippen LogP contribution in [0.5, 0.6) is 5.75 Å². The maximum atomic E-state index is 14.0. The van der Waals surface area contributed by atoms with E-state index in [1.807, 2.05) is 84.9 Å². The van der Waals surface area contributed by atoms with Crippen molar-refractivity contribution in [3.05, 3.63) is 90.5 Å². The molecule has 0 saturated carbocycles. The lowest BCUT2D eigenvalue weighted by atomic mass is 10.1. The van der Waals surface area contributed by atoms with Gasteiger partial charge in [0.25, 0.3) is 0 Å². The molecule has 0 aromatic heterocycles. The number of benzene rings is 3. The van der Waals surface area contributed by atoms with Crippen LogP contribution in [-0.2, 0) is 11.0 Å². The number of hydrogen-bond acceptors (Lipinski definition) is 3. The Morgan fingerprint density at radius 1 is 0.769 bits per heavy atom. The third kappa shape index (κ3) is 4.24. The molecule has 0 unspecified atom stereocenters. The molecule has 4 heteroatoms. The summed E-state index contributed by atoms with van der Waals surface area (Å²) in [5, 5.41) is 10.7. The molecule has 3 aromatic rings. The average Bonchev–Trinajstić information content (AvgIpc) is 2.72. The molecule has 0 aliphatic carbocycles. The molecule has 134 valence electrons. The molecule has 3 nitrogen and oxygen atoms in total. The highest BCUT2D eigenvalue weighted by Crippen LogP contribution is 2.43. The van der Waals surface area contributed by atoms with Gasteiger partial charge in [0.15, 0.2) is 7.14 Å². The van der Waals surface area contributed by atoms with Crippen LogP contribution >= 0.6 is 7.14 Å². The van der Waals surface area contributed by atoms with Gasteiger partial charge < -0.3 is 14.4 Å². The Morgan fingerprint density at radius 3 is 1.88 bits per heavy atom. The lowest BCUT2D eigenvalue weighted by molar-refractivity contribution is 0.287. The molecular weight excluding hydrogens is 343 g/mol. The van der Waals surface area contributed by atoms with Crippen LogP contribution in [0.15, 0.2) is 84.9 Å². The number of aryl methyl sites for hydroxylation is 1. The SMILES string of the molecule is O=P(COc1ccccc1CCCO)(c1ccccc1)c1ccccc1. The van der Waals surface area contributed by atoms with E-state index in [2.05, 4.69) is 0 Å². The normalized spacial score (nSPS) is 11.3. The van der Waals surface area contributed by atoms with Gasteiger partial charge in [-0.25, -0.2) is 0 Å². The van der Waals surface area contributed by atoms with Crippen molar-refractivity contribution in [2.24, 2.45) is 0 Å². The second-order valence-corrected chi connectivity index (χ2v) is 8.89. The fraction of sp³-hybridized carbons (Fsp3) is 0.182. The molecule has 26 heavy (non-hydrogen) atoms.